The predicted octanol–water partition coefficient (Wildman–Crippen LogP) is 3.26. The topological polar surface area (TPSA) is 63.3 Å². The second-order valence-corrected chi connectivity index (χ2v) is 7.13. The van der Waals surface area contributed by atoms with Crippen LogP contribution in [-0.4, -0.2) is 17.5 Å². The van der Waals surface area contributed by atoms with Crippen molar-refractivity contribution in [1.82, 2.24) is 10.3 Å². The van der Waals surface area contributed by atoms with Gasteiger partial charge < -0.3 is 11.1 Å². The quantitative estimate of drug-likeness (QED) is 0.457. The molecular weight excluding hydrogens is 383 g/mol. The third-order valence-corrected chi connectivity index (χ3v) is 4.72. The molecule has 0 aliphatic heterocycles. The Labute approximate surface area is 142 Å². The Morgan fingerprint density at radius 3 is 2.70 bits per heavy atom. The van der Waals surface area contributed by atoms with Crippen LogP contribution >= 0.6 is 35.3 Å². The number of thiazole rings is 1. The van der Waals surface area contributed by atoms with Crippen LogP contribution in [0.2, 0.25) is 0 Å². The molecule has 1 heterocycles. The second kappa shape index (κ2) is 7.59. The highest BCUT2D eigenvalue weighted by molar-refractivity contribution is 14.0. The molecule has 0 aromatic carbocycles. The molecule has 1 aromatic rings. The Morgan fingerprint density at radius 2 is 2.20 bits per heavy atom. The van der Waals surface area contributed by atoms with E-state index in [1.165, 1.54) is 19.3 Å². The lowest BCUT2D eigenvalue weighted by atomic mass is 9.85. The van der Waals surface area contributed by atoms with Crippen LogP contribution in [0.4, 0.5) is 0 Å². The first-order chi connectivity index (χ1) is 8.95. The molecule has 0 bridgehead atoms. The molecule has 1 aliphatic carbocycles. The zero-order valence-corrected chi connectivity index (χ0v) is 15.6. The standard InChI is InChI=1S/C14H24N4S.HI/c1-14(2,3)12-18-11(9-19-12)8-17-13(15)16-7-10-5-4-6-10;/h9-10H,4-8H2,1-3H3,(H3,15,16,17);1H. The van der Waals surface area contributed by atoms with Crippen LogP contribution < -0.4 is 11.1 Å². The summed E-state index contributed by atoms with van der Waals surface area (Å²) in [5.41, 5.74) is 6.97. The Bertz CT molecular complexity index is 446. The van der Waals surface area contributed by atoms with Gasteiger partial charge in [-0.05, 0) is 18.8 Å². The Hall–Kier alpha value is -0.370. The number of guanidine groups is 1. The first-order valence-electron chi connectivity index (χ1n) is 6.94. The molecule has 0 radical (unpaired) electrons. The van der Waals surface area contributed by atoms with Gasteiger partial charge >= 0.3 is 0 Å². The van der Waals surface area contributed by atoms with Crippen LogP contribution in [0.5, 0.6) is 0 Å². The normalized spacial score (nSPS) is 16.4. The lowest BCUT2D eigenvalue weighted by Gasteiger charge is -2.25. The maximum Gasteiger partial charge on any atom is 0.188 e. The third kappa shape index (κ3) is 5.20. The van der Waals surface area contributed by atoms with E-state index in [2.05, 4.69) is 41.4 Å². The average Bonchev–Trinajstić information content (AvgIpc) is 2.72. The van der Waals surface area contributed by atoms with Gasteiger partial charge in [-0.25, -0.2) is 9.98 Å². The zero-order chi connectivity index (χ0) is 13.9. The van der Waals surface area contributed by atoms with Crippen LogP contribution in [-0.2, 0) is 12.0 Å². The summed E-state index contributed by atoms with van der Waals surface area (Å²) in [4.78, 5) is 8.95. The van der Waals surface area contributed by atoms with E-state index in [1.54, 1.807) is 11.3 Å². The van der Waals surface area contributed by atoms with Crippen LogP contribution in [0.25, 0.3) is 0 Å². The van der Waals surface area contributed by atoms with Gasteiger partial charge in [0.15, 0.2) is 5.96 Å². The van der Waals surface area contributed by atoms with Crippen LogP contribution in [0, 0.1) is 5.92 Å². The monoisotopic (exact) mass is 408 g/mol. The van der Waals surface area contributed by atoms with Crippen molar-refractivity contribution in [3.63, 3.8) is 0 Å². The van der Waals surface area contributed by atoms with E-state index in [0.29, 0.717) is 12.5 Å². The number of rotatable bonds is 4. The first kappa shape index (κ1) is 17.7. The van der Waals surface area contributed by atoms with Gasteiger partial charge in [-0.15, -0.1) is 35.3 Å². The van der Waals surface area contributed by atoms with Gasteiger partial charge in [0.05, 0.1) is 17.2 Å². The third-order valence-electron chi connectivity index (χ3n) is 3.40. The van der Waals surface area contributed by atoms with Crippen molar-refractivity contribution in [3.8, 4) is 0 Å². The molecule has 0 spiro atoms. The largest absolute Gasteiger partial charge is 0.370 e. The molecule has 2 rings (SSSR count). The predicted molar refractivity (Wildman–Crippen MR) is 96.9 cm³/mol. The van der Waals surface area contributed by atoms with Crippen molar-refractivity contribution in [1.29, 1.82) is 0 Å². The van der Waals surface area contributed by atoms with Gasteiger partial charge in [-0.2, -0.15) is 0 Å². The van der Waals surface area contributed by atoms with Gasteiger partial charge in [-0.1, -0.05) is 27.2 Å². The lowest BCUT2D eigenvalue weighted by Crippen LogP contribution is -2.37. The highest BCUT2D eigenvalue weighted by Gasteiger charge is 2.18. The summed E-state index contributed by atoms with van der Waals surface area (Å²) in [6, 6.07) is 0. The van der Waals surface area contributed by atoms with E-state index in [0.717, 1.165) is 23.2 Å². The molecule has 0 saturated heterocycles. The summed E-state index contributed by atoms with van der Waals surface area (Å²) in [6.45, 7) is 8.05. The number of hydrogen-bond acceptors (Lipinski definition) is 3. The minimum atomic E-state index is 0. The molecule has 4 nitrogen and oxygen atoms in total. The van der Waals surface area contributed by atoms with Crippen molar-refractivity contribution < 1.29 is 0 Å². The summed E-state index contributed by atoms with van der Waals surface area (Å²) in [5.74, 6) is 1.33. The number of aromatic nitrogens is 1. The number of nitrogens with two attached hydrogens (primary N) is 1. The molecule has 114 valence electrons. The van der Waals surface area contributed by atoms with E-state index in [4.69, 9.17) is 5.73 Å². The summed E-state index contributed by atoms with van der Waals surface area (Å²) in [6.07, 6.45) is 4.00. The summed E-state index contributed by atoms with van der Waals surface area (Å²) in [5, 5.41) is 6.42. The molecule has 3 N–H and O–H groups in total. The number of hydrogen-bond donors (Lipinski definition) is 2. The number of aliphatic imine (C=N–C) groups is 1. The van der Waals surface area contributed by atoms with E-state index in [1.807, 2.05) is 0 Å². The Kier molecular flexibility index (Phi) is 6.71. The highest BCUT2D eigenvalue weighted by atomic mass is 127. The number of halogens is 1. The van der Waals surface area contributed by atoms with Gasteiger partial charge in [0.1, 0.15) is 0 Å². The van der Waals surface area contributed by atoms with Crippen LogP contribution in [0.3, 0.4) is 0 Å². The van der Waals surface area contributed by atoms with Crippen molar-refractivity contribution in [2.45, 2.75) is 52.0 Å². The average molecular weight is 408 g/mol. The van der Waals surface area contributed by atoms with E-state index < -0.39 is 0 Å². The fraction of sp³-hybridized carbons (Fsp3) is 0.714. The number of nitrogens with zero attached hydrogens (tertiary/aromatic N) is 2. The maximum atomic E-state index is 5.86. The molecule has 1 fully saturated rings. The Balaban J connectivity index is 0.00000200. The molecule has 1 aromatic heterocycles. The van der Waals surface area contributed by atoms with Crippen molar-refractivity contribution in [2.75, 3.05) is 6.54 Å². The summed E-state index contributed by atoms with van der Waals surface area (Å²) < 4.78 is 0. The molecule has 20 heavy (non-hydrogen) atoms. The number of nitrogens with one attached hydrogen (secondary N) is 1. The van der Waals surface area contributed by atoms with Gasteiger partial charge in [0, 0.05) is 17.3 Å². The highest BCUT2D eigenvalue weighted by Crippen LogP contribution is 2.26. The molecule has 1 saturated carbocycles. The minimum Gasteiger partial charge on any atom is -0.370 e. The van der Waals surface area contributed by atoms with E-state index in [-0.39, 0.29) is 29.4 Å². The smallest absolute Gasteiger partial charge is 0.188 e. The van der Waals surface area contributed by atoms with Gasteiger partial charge in [0.25, 0.3) is 0 Å². The van der Waals surface area contributed by atoms with Crippen LogP contribution in [0.1, 0.15) is 50.7 Å². The second-order valence-electron chi connectivity index (χ2n) is 6.27. The van der Waals surface area contributed by atoms with Gasteiger partial charge in [-0.3, -0.25) is 0 Å². The molecule has 6 heteroatoms. The molecular formula is C14H25IN4S. The van der Waals surface area contributed by atoms with Crippen molar-refractivity contribution >= 4 is 41.3 Å². The van der Waals surface area contributed by atoms with E-state index in [9.17, 15) is 0 Å². The minimum absolute atomic E-state index is 0. The molecule has 0 unspecified atom stereocenters. The first-order valence-corrected chi connectivity index (χ1v) is 7.82. The Morgan fingerprint density at radius 1 is 1.50 bits per heavy atom. The van der Waals surface area contributed by atoms with E-state index >= 15 is 0 Å². The molecule has 0 atom stereocenters. The zero-order valence-electron chi connectivity index (χ0n) is 12.5. The fourth-order valence-corrected chi connectivity index (χ4v) is 2.79. The summed E-state index contributed by atoms with van der Waals surface area (Å²) >= 11 is 1.70. The SMILES string of the molecule is CC(C)(C)c1nc(CN=C(N)NCC2CCC2)cs1.I. The van der Waals surface area contributed by atoms with Crippen LogP contribution in [0.15, 0.2) is 10.4 Å². The fourth-order valence-electron chi connectivity index (χ4n) is 1.89. The molecule has 0 amide bonds. The lowest BCUT2D eigenvalue weighted by molar-refractivity contribution is 0.315. The maximum absolute atomic E-state index is 5.86. The van der Waals surface area contributed by atoms with Crippen molar-refractivity contribution in [2.24, 2.45) is 16.6 Å². The summed E-state index contributed by atoms with van der Waals surface area (Å²) in [7, 11) is 0. The van der Waals surface area contributed by atoms with Gasteiger partial charge in [0.2, 0.25) is 0 Å². The van der Waals surface area contributed by atoms with Crippen molar-refractivity contribution in [3.05, 3.63) is 16.1 Å². The molecule has 1 aliphatic rings.